The first kappa shape index (κ1) is 16.6. The van der Waals surface area contributed by atoms with Crippen molar-refractivity contribution in [2.45, 2.75) is 19.4 Å². The molecule has 1 aromatic rings. The Bertz CT molecular complexity index is 564. The summed E-state index contributed by atoms with van der Waals surface area (Å²) in [7, 11) is 1.51. The van der Waals surface area contributed by atoms with Crippen LogP contribution in [0, 0.1) is 0 Å². The third kappa shape index (κ3) is 3.90. The number of rotatable bonds is 5. The molecule has 1 aliphatic heterocycles. The molecule has 0 aliphatic carbocycles. The predicted molar refractivity (Wildman–Crippen MR) is 83.2 cm³/mol. The Balaban J connectivity index is 2.06. The van der Waals surface area contributed by atoms with E-state index in [1.807, 2.05) is 11.8 Å². The van der Waals surface area contributed by atoms with E-state index in [0.717, 1.165) is 0 Å². The Labute approximate surface area is 134 Å². The summed E-state index contributed by atoms with van der Waals surface area (Å²) in [4.78, 5) is 26.0. The van der Waals surface area contributed by atoms with E-state index in [1.165, 1.54) is 7.11 Å². The third-order valence-corrected chi connectivity index (χ3v) is 3.79. The third-order valence-electron chi connectivity index (χ3n) is 3.56. The van der Waals surface area contributed by atoms with Crippen LogP contribution in [0.5, 0.6) is 5.75 Å². The lowest BCUT2D eigenvalue weighted by atomic mass is 10.1. The van der Waals surface area contributed by atoms with E-state index in [9.17, 15) is 9.59 Å². The number of morpholine rings is 1. The minimum atomic E-state index is -0.552. The molecule has 7 heteroatoms. The summed E-state index contributed by atoms with van der Waals surface area (Å²) in [5.41, 5.74) is 0.479. The summed E-state index contributed by atoms with van der Waals surface area (Å²) in [6, 6.07) is 4.40. The SMILES string of the molecule is CCN1CCOC(=O)[C@@H]1CC(=O)Nc1cc(Cl)ccc1OC. The number of methoxy groups -OCH3 is 1. The average molecular weight is 327 g/mol. The summed E-state index contributed by atoms with van der Waals surface area (Å²) < 4.78 is 10.2. The fourth-order valence-electron chi connectivity index (χ4n) is 2.41. The Morgan fingerprint density at radius 2 is 2.32 bits per heavy atom. The van der Waals surface area contributed by atoms with E-state index >= 15 is 0 Å². The van der Waals surface area contributed by atoms with Crippen molar-refractivity contribution in [2.75, 3.05) is 32.1 Å². The maximum Gasteiger partial charge on any atom is 0.323 e. The van der Waals surface area contributed by atoms with Crippen LogP contribution in [0.25, 0.3) is 0 Å². The Morgan fingerprint density at radius 3 is 3.00 bits per heavy atom. The van der Waals surface area contributed by atoms with Crippen LogP contribution in [-0.4, -0.2) is 49.6 Å². The van der Waals surface area contributed by atoms with Crippen molar-refractivity contribution in [3.05, 3.63) is 23.2 Å². The van der Waals surface area contributed by atoms with Gasteiger partial charge in [0.25, 0.3) is 0 Å². The topological polar surface area (TPSA) is 67.9 Å². The number of ether oxygens (including phenoxy) is 2. The molecule has 0 spiro atoms. The summed E-state index contributed by atoms with van der Waals surface area (Å²) in [5, 5.41) is 3.22. The van der Waals surface area contributed by atoms with Crippen LogP contribution >= 0.6 is 11.6 Å². The highest BCUT2D eigenvalue weighted by Gasteiger charge is 2.32. The summed E-state index contributed by atoms with van der Waals surface area (Å²) in [6.45, 7) is 3.64. The standard InChI is InChI=1S/C15H19ClN2O4/c1-3-18-6-7-22-15(20)12(18)9-14(19)17-11-8-10(16)4-5-13(11)21-2/h4-5,8,12H,3,6-7,9H2,1-2H3,(H,17,19)/t12-/m0/s1. The van der Waals surface area contributed by atoms with Gasteiger partial charge in [-0.25, -0.2) is 0 Å². The van der Waals surface area contributed by atoms with Crippen molar-refractivity contribution in [3.63, 3.8) is 0 Å². The molecule has 1 N–H and O–H groups in total. The number of anilines is 1. The monoisotopic (exact) mass is 326 g/mol. The Hall–Kier alpha value is -1.79. The molecular weight excluding hydrogens is 308 g/mol. The lowest BCUT2D eigenvalue weighted by Crippen LogP contribution is -2.50. The molecule has 1 amide bonds. The highest BCUT2D eigenvalue weighted by Crippen LogP contribution is 2.28. The molecule has 120 valence electrons. The fourth-order valence-corrected chi connectivity index (χ4v) is 2.58. The highest BCUT2D eigenvalue weighted by molar-refractivity contribution is 6.31. The normalized spacial score (nSPS) is 18.7. The molecule has 0 radical (unpaired) electrons. The van der Waals surface area contributed by atoms with Crippen molar-refractivity contribution >= 4 is 29.2 Å². The quantitative estimate of drug-likeness (QED) is 0.837. The molecule has 1 atom stereocenters. The minimum absolute atomic E-state index is 0.0301. The molecule has 0 aromatic heterocycles. The first-order valence-corrected chi connectivity index (χ1v) is 7.47. The molecule has 0 unspecified atom stereocenters. The van der Waals surface area contributed by atoms with Crippen LogP contribution in [0.15, 0.2) is 18.2 Å². The van der Waals surface area contributed by atoms with Gasteiger partial charge in [0.1, 0.15) is 18.4 Å². The molecule has 1 aliphatic rings. The number of benzene rings is 1. The van der Waals surface area contributed by atoms with Crippen molar-refractivity contribution < 1.29 is 19.1 Å². The van der Waals surface area contributed by atoms with Crippen LogP contribution in [0.1, 0.15) is 13.3 Å². The van der Waals surface area contributed by atoms with Crippen molar-refractivity contribution in [3.8, 4) is 5.75 Å². The number of hydrogen-bond donors (Lipinski definition) is 1. The zero-order chi connectivity index (χ0) is 16.1. The van der Waals surface area contributed by atoms with E-state index in [-0.39, 0.29) is 18.3 Å². The number of carbonyl (C=O) groups excluding carboxylic acids is 2. The maximum absolute atomic E-state index is 12.2. The number of amides is 1. The predicted octanol–water partition coefficient (Wildman–Crippen LogP) is 1.92. The molecule has 1 fully saturated rings. The van der Waals surface area contributed by atoms with Crippen LogP contribution in [0.3, 0.4) is 0 Å². The van der Waals surface area contributed by atoms with Gasteiger partial charge in [-0.1, -0.05) is 18.5 Å². The van der Waals surface area contributed by atoms with Gasteiger partial charge in [0.05, 0.1) is 19.2 Å². The lowest BCUT2D eigenvalue weighted by Gasteiger charge is -2.32. The molecule has 22 heavy (non-hydrogen) atoms. The van der Waals surface area contributed by atoms with E-state index < -0.39 is 6.04 Å². The largest absolute Gasteiger partial charge is 0.495 e. The molecule has 6 nitrogen and oxygen atoms in total. The summed E-state index contributed by atoms with van der Waals surface area (Å²) >= 11 is 5.93. The van der Waals surface area contributed by atoms with E-state index in [0.29, 0.717) is 36.2 Å². The van der Waals surface area contributed by atoms with Gasteiger partial charge in [-0.3, -0.25) is 14.5 Å². The number of esters is 1. The molecule has 0 bridgehead atoms. The van der Waals surface area contributed by atoms with Crippen LogP contribution < -0.4 is 10.1 Å². The van der Waals surface area contributed by atoms with E-state index in [4.69, 9.17) is 21.1 Å². The van der Waals surface area contributed by atoms with Crippen molar-refractivity contribution in [2.24, 2.45) is 0 Å². The Kier molecular flexibility index (Phi) is 5.63. The van der Waals surface area contributed by atoms with Gasteiger partial charge >= 0.3 is 5.97 Å². The van der Waals surface area contributed by atoms with Crippen LogP contribution in [-0.2, 0) is 14.3 Å². The highest BCUT2D eigenvalue weighted by atomic mass is 35.5. The van der Waals surface area contributed by atoms with Gasteiger partial charge in [0, 0.05) is 11.6 Å². The zero-order valence-electron chi connectivity index (χ0n) is 12.6. The van der Waals surface area contributed by atoms with Gasteiger partial charge in [0.2, 0.25) is 5.91 Å². The molecule has 0 saturated carbocycles. The molecule has 1 aromatic carbocycles. The second-order valence-electron chi connectivity index (χ2n) is 4.91. The second-order valence-corrected chi connectivity index (χ2v) is 5.35. The molecule has 1 heterocycles. The molecule has 1 saturated heterocycles. The van der Waals surface area contributed by atoms with Crippen molar-refractivity contribution in [1.29, 1.82) is 0 Å². The number of likely N-dealkylation sites (N-methyl/N-ethyl adjacent to an activating group) is 1. The number of nitrogens with zero attached hydrogens (tertiary/aromatic N) is 1. The second kappa shape index (κ2) is 7.47. The summed E-state index contributed by atoms with van der Waals surface area (Å²) in [5.74, 6) is -0.138. The van der Waals surface area contributed by atoms with Crippen LogP contribution in [0.2, 0.25) is 5.02 Å². The number of carbonyl (C=O) groups is 2. The van der Waals surface area contributed by atoms with Crippen LogP contribution in [0.4, 0.5) is 5.69 Å². The zero-order valence-corrected chi connectivity index (χ0v) is 13.4. The Morgan fingerprint density at radius 1 is 1.55 bits per heavy atom. The molecule has 2 rings (SSSR count). The van der Waals surface area contributed by atoms with Gasteiger partial charge < -0.3 is 14.8 Å². The number of nitrogens with one attached hydrogen (secondary N) is 1. The van der Waals surface area contributed by atoms with Gasteiger partial charge in [-0.05, 0) is 24.7 Å². The first-order chi connectivity index (χ1) is 10.5. The average Bonchev–Trinajstić information content (AvgIpc) is 2.49. The lowest BCUT2D eigenvalue weighted by molar-refractivity contribution is -0.158. The smallest absolute Gasteiger partial charge is 0.323 e. The van der Waals surface area contributed by atoms with E-state index in [1.54, 1.807) is 18.2 Å². The number of cyclic esters (lactones) is 1. The van der Waals surface area contributed by atoms with Crippen molar-refractivity contribution in [1.82, 2.24) is 4.90 Å². The van der Waals surface area contributed by atoms with Gasteiger partial charge in [-0.15, -0.1) is 0 Å². The first-order valence-electron chi connectivity index (χ1n) is 7.09. The fraction of sp³-hybridized carbons (Fsp3) is 0.467. The van der Waals surface area contributed by atoms with E-state index in [2.05, 4.69) is 5.32 Å². The van der Waals surface area contributed by atoms with Gasteiger partial charge in [0.15, 0.2) is 0 Å². The minimum Gasteiger partial charge on any atom is -0.495 e. The number of halogens is 1. The van der Waals surface area contributed by atoms with Gasteiger partial charge in [-0.2, -0.15) is 0 Å². The molecular formula is C15H19ClN2O4. The number of hydrogen-bond acceptors (Lipinski definition) is 5. The maximum atomic E-state index is 12.2. The summed E-state index contributed by atoms with van der Waals surface area (Å²) in [6.07, 6.45) is 0.0301.